The Labute approximate surface area is 100 Å². The Morgan fingerprint density at radius 3 is 2.47 bits per heavy atom. The van der Waals surface area contributed by atoms with Crippen LogP contribution in [0.25, 0.3) is 0 Å². The van der Waals surface area contributed by atoms with Crippen LogP contribution in [0.1, 0.15) is 5.56 Å². The Bertz CT molecular complexity index is 485. The number of nitrogen functional groups attached to an aromatic ring is 2. The molecule has 0 amide bonds. The van der Waals surface area contributed by atoms with Crippen molar-refractivity contribution in [2.45, 2.75) is 6.61 Å². The van der Waals surface area contributed by atoms with Crippen LogP contribution in [0.2, 0.25) is 0 Å². The zero-order valence-electron chi connectivity index (χ0n) is 9.39. The number of nitrogens with one attached hydrogen (secondary N) is 1. The summed E-state index contributed by atoms with van der Waals surface area (Å²) in [6.07, 6.45) is 0. The lowest BCUT2D eigenvalue weighted by Gasteiger charge is -2.11. The van der Waals surface area contributed by atoms with Gasteiger partial charge in [0.2, 0.25) is 0 Å². The molecule has 4 nitrogen and oxygen atoms in total. The van der Waals surface area contributed by atoms with Crippen LogP contribution in [0.15, 0.2) is 48.5 Å². The average Bonchev–Trinajstić information content (AvgIpc) is 2.39. The zero-order valence-corrected chi connectivity index (χ0v) is 9.39. The third kappa shape index (κ3) is 2.68. The molecule has 0 heterocycles. The maximum Gasteiger partial charge on any atom is 0.144 e. The van der Waals surface area contributed by atoms with E-state index in [-0.39, 0.29) is 0 Å². The molecule has 0 saturated carbocycles. The van der Waals surface area contributed by atoms with E-state index in [2.05, 4.69) is 5.43 Å². The van der Waals surface area contributed by atoms with Crippen molar-refractivity contribution < 1.29 is 4.74 Å². The van der Waals surface area contributed by atoms with E-state index in [4.69, 9.17) is 16.3 Å². The van der Waals surface area contributed by atoms with Crippen molar-refractivity contribution in [3.63, 3.8) is 0 Å². The molecule has 0 unspecified atom stereocenters. The third-order valence-electron chi connectivity index (χ3n) is 2.46. The number of nitrogens with two attached hydrogens (primary N) is 2. The van der Waals surface area contributed by atoms with E-state index in [0.29, 0.717) is 23.7 Å². The molecular weight excluding hydrogens is 214 g/mol. The van der Waals surface area contributed by atoms with Crippen molar-refractivity contribution >= 4 is 11.4 Å². The SMILES string of the molecule is NNc1cccc(OCc2ccccc2)c1N. The predicted octanol–water partition coefficient (Wildman–Crippen LogP) is 2.13. The van der Waals surface area contributed by atoms with E-state index in [0.717, 1.165) is 5.56 Å². The summed E-state index contributed by atoms with van der Waals surface area (Å²) in [5.41, 5.74) is 10.7. The molecule has 0 bridgehead atoms. The second-order valence-electron chi connectivity index (χ2n) is 3.64. The van der Waals surface area contributed by atoms with Gasteiger partial charge in [0, 0.05) is 0 Å². The molecule has 0 aliphatic rings. The van der Waals surface area contributed by atoms with E-state index in [1.54, 1.807) is 6.07 Å². The van der Waals surface area contributed by atoms with Gasteiger partial charge < -0.3 is 15.9 Å². The van der Waals surface area contributed by atoms with Crippen molar-refractivity contribution in [2.75, 3.05) is 11.2 Å². The van der Waals surface area contributed by atoms with Gasteiger partial charge in [-0.2, -0.15) is 0 Å². The fraction of sp³-hybridized carbons (Fsp3) is 0.0769. The number of benzene rings is 2. The van der Waals surface area contributed by atoms with E-state index < -0.39 is 0 Å². The van der Waals surface area contributed by atoms with Gasteiger partial charge in [-0.1, -0.05) is 36.4 Å². The summed E-state index contributed by atoms with van der Waals surface area (Å²) in [6.45, 7) is 0.485. The van der Waals surface area contributed by atoms with E-state index in [1.165, 1.54) is 0 Å². The number of anilines is 2. The summed E-state index contributed by atoms with van der Waals surface area (Å²) >= 11 is 0. The molecule has 0 radical (unpaired) electrons. The number of ether oxygens (including phenoxy) is 1. The summed E-state index contributed by atoms with van der Waals surface area (Å²) in [5.74, 6) is 5.97. The number of rotatable bonds is 4. The molecule has 0 aliphatic carbocycles. The summed E-state index contributed by atoms with van der Waals surface area (Å²) in [4.78, 5) is 0. The van der Waals surface area contributed by atoms with Gasteiger partial charge in [-0.15, -0.1) is 0 Å². The van der Waals surface area contributed by atoms with Gasteiger partial charge in [-0.25, -0.2) is 0 Å². The second kappa shape index (κ2) is 5.23. The van der Waals surface area contributed by atoms with Crippen molar-refractivity contribution in [1.29, 1.82) is 0 Å². The van der Waals surface area contributed by atoms with Crippen LogP contribution < -0.4 is 21.7 Å². The lowest BCUT2D eigenvalue weighted by atomic mass is 10.2. The van der Waals surface area contributed by atoms with Gasteiger partial charge in [0.1, 0.15) is 12.4 Å². The maximum absolute atomic E-state index is 5.89. The number of para-hydroxylation sites is 1. The highest BCUT2D eigenvalue weighted by atomic mass is 16.5. The minimum atomic E-state index is 0.485. The molecule has 0 saturated heterocycles. The van der Waals surface area contributed by atoms with Crippen LogP contribution in [-0.4, -0.2) is 0 Å². The fourth-order valence-electron chi connectivity index (χ4n) is 1.53. The number of hydrazine groups is 1. The summed E-state index contributed by atoms with van der Waals surface area (Å²) < 4.78 is 5.64. The summed E-state index contributed by atoms with van der Waals surface area (Å²) in [7, 11) is 0. The minimum absolute atomic E-state index is 0.485. The summed E-state index contributed by atoms with van der Waals surface area (Å²) in [5, 5.41) is 0. The highest BCUT2D eigenvalue weighted by molar-refractivity contribution is 5.72. The Balaban J connectivity index is 2.09. The highest BCUT2D eigenvalue weighted by Crippen LogP contribution is 2.29. The Kier molecular flexibility index (Phi) is 3.47. The van der Waals surface area contributed by atoms with Gasteiger partial charge in [-0.3, -0.25) is 5.84 Å². The van der Waals surface area contributed by atoms with Gasteiger partial charge in [0.25, 0.3) is 0 Å². The van der Waals surface area contributed by atoms with Crippen molar-refractivity contribution in [2.24, 2.45) is 5.84 Å². The largest absolute Gasteiger partial charge is 0.487 e. The first kappa shape index (κ1) is 11.3. The fourth-order valence-corrected chi connectivity index (χ4v) is 1.53. The molecule has 17 heavy (non-hydrogen) atoms. The molecule has 2 aromatic carbocycles. The standard InChI is InChI=1S/C13H15N3O/c14-13-11(16-15)7-4-8-12(13)17-9-10-5-2-1-3-6-10/h1-8,16H,9,14-15H2. The third-order valence-corrected chi connectivity index (χ3v) is 2.46. The zero-order chi connectivity index (χ0) is 12.1. The molecule has 88 valence electrons. The molecule has 5 N–H and O–H groups in total. The molecule has 0 fully saturated rings. The maximum atomic E-state index is 5.89. The van der Waals surface area contributed by atoms with Crippen LogP contribution in [-0.2, 0) is 6.61 Å². The van der Waals surface area contributed by atoms with Gasteiger partial charge in [0.15, 0.2) is 0 Å². The molecule has 4 heteroatoms. The lowest BCUT2D eigenvalue weighted by molar-refractivity contribution is 0.308. The van der Waals surface area contributed by atoms with Crippen molar-refractivity contribution in [3.05, 3.63) is 54.1 Å². The van der Waals surface area contributed by atoms with Gasteiger partial charge in [-0.05, 0) is 17.7 Å². The van der Waals surface area contributed by atoms with Crippen LogP contribution in [0, 0.1) is 0 Å². The molecule has 0 spiro atoms. The summed E-state index contributed by atoms with van der Waals surface area (Å²) in [6, 6.07) is 15.4. The highest BCUT2D eigenvalue weighted by Gasteiger charge is 2.04. The molecule has 0 aromatic heterocycles. The first-order chi connectivity index (χ1) is 8.31. The molecular formula is C13H15N3O. The molecule has 2 aromatic rings. The van der Waals surface area contributed by atoms with Crippen molar-refractivity contribution in [1.82, 2.24) is 0 Å². The topological polar surface area (TPSA) is 73.3 Å². The Morgan fingerprint density at radius 1 is 1.00 bits per heavy atom. The normalized spacial score (nSPS) is 9.94. The smallest absolute Gasteiger partial charge is 0.144 e. The van der Waals surface area contributed by atoms with Crippen molar-refractivity contribution in [3.8, 4) is 5.75 Å². The predicted molar refractivity (Wildman–Crippen MR) is 69.4 cm³/mol. The average molecular weight is 229 g/mol. The van der Waals surface area contributed by atoms with E-state index in [1.807, 2.05) is 42.5 Å². The number of hydrogen-bond donors (Lipinski definition) is 3. The monoisotopic (exact) mass is 229 g/mol. The van der Waals surface area contributed by atoms with Crippen LogP contribution >= 0.6 is 0 Å². The first-order valence-electron chi connectivity index (χ1n) is 5.33. The van der Waals surface area contributed by atoms with E-state index in [9.17, 15) is 0 Å². The molecule has 0 aliphatic heterocycles. The molecule has 0 atom stereocenters. The van der Waals surface area contributed by atoms with E-state index >= 15 is 0 Å². The number of hydrogen-bond acceptors (Lipinski definition) is 4. The second-order valence-corrected chi connectivity index (χ2v) is 3.64. The van der Waals surface area contributed by atoms with Crippen LogP contribution in [0.4, 0.5) is 11.4 Å². The van der Waals surface area contributed by atoms with Gasteiger partial charge in [0.05, 0.1) is 11.4 Å². The lowest BCUT2D eigenvalue weighted by Crippen LogP contribution is -2.10. The first-order valence-corrected chi connectivity index (χ1v) is 5.33. The Hall–Kier alpha value is -2.20. The molecule has 2 rings (SSSR count). The van der Waals surface area contributed by atoms with Crippen LogP contribution in [0.3, 0.4) is 0 Å². The van der Waals surface area contributed by atoms with Gasteiger partial charge >= 0.3 is 0 Å². The minimum Gasteiger partial charge on any atom is -0.487 e. The Morgan fingerprint density at radius 2 is 1.76 bits per heavy atom. The van der Waals surface area contributed by atoms with Crippen LogP contribution in [0.5, 0.6) is 5.75 Å². The quantitative estimate of drug-likeness (QED) is 0.426.